The summed E-state index contributed by atoms with van der Waals surface area (Å²) in [7, 11) is 0. The Morgan fingerprint density at radius 2 is 1.76 bits per heavy atom. The van der Waals surface area contributed by atoms with Crippen LogP contribution in [0.3, 0.4) is 0 Å². The molecule has 2 aliphatic rings. The normalized spacial score (nSPS) is 17.4. The van der Waals surface area contributed by atoms with Gasteiger partial charge in [-0.2, -0.15) is 18.3 Å². The molecule has 1 aliphatic carbocycles. The molecule has 1 saturated carbocycles. The summed E-state index contributed by atoms with van der Waals surface area (Å²) in [5.41, 5.74) is 1.78. The summed E-state index contributed by atoms with van der Waals surface area (Å²) in [6, 6.07) is 9.38. The molecule has 176 valence electrons. The van der Waals surface area contributed by atoms with E-state index >= 15 is 0 Å². The molecule has 0 N–H and O–H groups in total. The maximum atomic E-state index is 12.9. The standard InChI is InChI=1S/C25H22F3N3O2S/c26-25(27,28)17-3-1-15(2-4-17)22-13-19-24(34-22)20(7-10-29-19)33-21-14-31(18-5-6-18)30-23(21)16-8-11-32-12-9-16/h1-4,7,10,13-14,16,18H,5-6,8-9,11-12H2. The van der Waals surface area contributed by atoms with E-state index in [4.69, 9.17) is 14.6 Å². The van der Waals surface area contributed by atoms with E-state index in [1.165, 1.54) is 23.5 Å². The second-order valence-electron chi connectivity index (χ2n) is 8.79. The number of hydrogen-bond acceptors (Lipinski definition) is 5. The van der Waals surface area contributed by atoms with Crippen molar-refractivity contribution in [2.75, 3.05) is 13.2 Å². The van der Waals surface area contributed by atoms with Crippen LogP contribution >= 0.6 is 11.3 Å². The van der Waals surface area contributed by atoms with Crippen molar-refractivity contribution in [1.82, 2.24) is 14.8 Å². The number of hydrogen-bond donors (Lipinski definition) is 0. The van der Waals surface area contributed by atoms with Gasteiger partial charge in [-0.25, -0.2) is 0 Å². The lowest BCUT2D eigenvalue weighted by atomic mass is 9.96. The summed E-state index contributed by atoms with van der Waals surface area (Å²) in [5.74, 6) is 1.74. The molecule has 4 heterocycles. The molecule has 4 aromatic rings. The van der Waals surface area contributed by atoms with Crippen LogP contribution in [0.5, 0.6) is 11.5 Å². The van der Waals surface area contributed by atoms with Gasteiger partial charge in [-0.3, -0.25) is 9.67 Å². The first kappa shape index (κ1) is 21.6. The molecule has 2 fully saturated rings. The fourth-order valence-corrected chi connectivity index (χ4v) is 5.40. The molecule has 1 saturated heterocycles. The Balaban J connectivity index is 1.34. The Morgan fingerprint density at radius 3 is 2.47 bits per heavy atom. The summed E-state index contributed by atoms with van der Waals surface area (Å²) in [6.45, 7) is 1.45. The number of fused-ring (bicyclic) bond motifs is 1. The molecule has 0 unspecified atom stereocenters. The van der Waals surface area contributed by atoms with Crippen LogP contribution in [0.1, 0.15) is 48.9 Å². The molecular weight excluding hydrogens is 463 g/mol. The molecule has 34 heavy (non-hydrogen) atoms. The monoisotopic (exact) mass is 485 g/mol. The van der Waals surface area contributed by atoms with Gasteiger partial charge in [-0.15, -0.1) is 11.3 Å². The minimum atomic E-state index is -4.35. The number of pyridine rings is 1. The van der Waals surface area contributed by atoms with E-state index in [2.05, 4.69) is 4.98 Å². The average Bonchev–Trinajstić information content (AvgIpc) is 3.45. The number of rotatable bonds is 5. The van der Waals surface area contributed by atoms with Crippen molar-refractivity contribution in [2.45, 2.75) is 43.8 Å². The molecule has 0 radical (unpaired) electrons. The smallest absolute Gasteiger partial charge is 0.416 e. The number of ether oxygens (including phenoxy) is 2. The lowest BCUT2D eigenvalue weighted by Crippen LogP contribution is -2.15. The van der Waals surface area contributed by atoms with Crippen LogP contribution in [0.15, 0.2) is 48.8 Å². The third kappa shape index (κ3) is 4.18. The predicted molar refractivity (Wildman–Crippen MR) is 123 cm³/mol. The molecule has 0 amide bonds. The molecule has 0 bridgehead atoms. The van der Waals surface area contributed by atoms with Gasteiger partial charge in [0.15, 0.2) is 5.75 Å². The molecule has 6 rings (SSSR count). The first-order valence-electron chi connectivity index (χ1n) is 11.4. The molecule has 0 spiro atoms. The number of alkyl halides is 3. The van der Waals surface area contributed by atoms with E-state index in [-0.39, 0.29) is 0 Å². The van der Waals surface area contributed by atoms with Gasteiger partial charge in [0, 0.05) is 36.3 Å². The predicted octanol–water partition coefficient (Wildman–Crippen LogP) is 7.20. The van der Waals surface area contributed by atoms with Crippen molar-refractivity contribution in [3.8, 4) is 21.9 Å². The van der Waals surface area contributed by atoms with Gasteiger partial charge >= 0.3 is 6.18 Å². The van der Waals surface area contributed by atoms with Crippen molar-refractivity contribution >= 4 is 21.6 Å². The SMILES string of the molecule is FC(F)(F)c1ccc(-c2cc3nccc(Oc4cn(C5CC5)nc4C4CCOCC4)c3s2)cc1. The molecular formula is C25H22F3N3O2S. The minimum absolute atomic E-state index is 0.298. The maximum Gasteiger partial charge on any atom is 0.416 e. The van der Waals surface area contributed by atoms with Crippen LogP contribution in [0.25, 0.3) is 20.7 Å². The Morgan fingerprint density at radius 1 is 1.00 bits per heavy atom. The first-order chi connectivity index (χ1) is 16.5. The lowest BCUT2D eigenvalue weighted by Gasteiger charge is -2.21. The van der Waals surface area contributed by atoms with Crippen LogP contribution in [0.2, 0.25) is 0 Å². The van der Waals surface area contributed by atoms with E-state index in [1.54, 1.807) is 6.20 Å². The van der Waals surface area contributed by atoms with Crippen molar-refractivity contribution in [3.63, 3.8) is 0 Å². The zero-order valence-corrected chi connectivity index (χ0v) is 19.0. The van der Waals surface area contributed by atoms with Gasteiger partial charge in [0.2, 0.25) is 0 Å². The number of benzene rings is 1. The zero-order valence-electron chi connectivity index (χ0n) is 18.2. The van der Waals surface area contributed by atoms with Gasteiger partial charge in [0.05, 0.1) is 28.0 Å². The molecule has 0 atom stereocenters. The van der Waals surface area contributed by atoms with Crippen LogP contribution in [-0.4, -0.2) is 28.0 Å². The summed E-state index contributed by atoms with van der Waals surface area (Å²) >= 11 is 1.46. The highest BCUT2D eigenvalue weighted by Gasteiger charge is 2.31. The Hall–Kier alpha value is -2.91. The van der Waals surface area contributed by atoms with Gasteiger partial charge in [0.25, 0.3) is 0 Å². The number of nitrogens with zero attached hydrogens (tertiary/aromatic N) is 3. The van der Waals surface area contributed by atoms with Gasteiger partial charge in [-0.05, 0) is 49.4 Å². The van der Waals surface area contributed by atoms with E-state index in [1.807, 2.05) is 23.0 Å². The summed E-state index contributed by atoms with van der Waals surface area (Å²) < 4.78 is 53.7. The molecule has 1 aliphatic heterocycles. The van der Waals surface area contributed by atoms with Gasteiger partial charge in [0.1, 0.15) is 11.4 Å². The molecule has 3 aromatic heterocycles. The Kier molecular flexibility index (Phi) is 5.33. The van der Waals surface area contributed by atoms with E-state index < -0.39 is 11.7 Å². The summed E-state index contributed by atoms with van der Waals surface area (Å²) in [4.78, 5) is 5.29. The van der Waals surface area contributed by atoms with Gasteiger partial charge in [-0.1, -0.05) is 12.1 Å². The zero-order chi connectivity index (χ0) is 23.3. The van der Waals surface area contributed by atoms with Crippen LogP contribution < -0.4 is 4.74 Å². The number of aromatic nitrogens is 3. The fraction of sp³-hybridized carbons (Fsp3) is 0.360. The minimum Gasteiger partial charge on any atom is -0.452 e. The van der Waals surface area contributed by atoms with Gasteiger partial charge < -0.3 is 9.47 Å². The van der Waals surface area contributed by atoms with Crippen LogP contribution in [-0.2, 0) is 10.9 Å². The summed E-state index contributed by atoms with van der Waals surface area (Å²) in [6.07, 6.45) is 3.44. The van der Waals surface area contributed by atoms with E-state index in [9.17, 15) is 13.2 Å². The summed E-state index contributed by atoms with van der Waals surface area (Å²) in [5, 5.41) is 4.88. The quantitative estimate of drug-likeness (QED) is 0.300. The molecule has 9 heteroatoms. The Bertz CT molecular complexity index is 1320. The Labute approximate surface area is 198 Å². The van der Waals surface area contributed by atoms with E-state index in [0.717, 1.165) is 77.6 Å². The lowest BCUT2D eigenvalue weighted by molar-refractivity contribution is -0.137. The highest BCUT2D eigenvalue weighted by Crippen LogP contribution is 2.43. The van der Waals surface area contributed by atoms with Crippen LogP contribution in [0, 0.1) is 0 Å². The molecule has 5 nitrogen and oxygen atoms in total. The second kappa shape index (κ2) is 8.39. The average molecular weight is 486 g/mol. The van der Waals surface area contributed by atoms with Crippen molar-refractivity contribution in [3.05, 3.63) is 60.0 Å². The van der Waals surface area contributed by atoms with Crippen LogP contribution in [0.4, 0.5) is 13.2 Å². The topological polar surface area (TPSA) is 49.2 Å². The highest BCUT2D eigenvalue weighted by molar-refractivity contribution is 7.22. The number of halogens is 3. The van der Waals surface area contributed by atoms with Crippen molar-refractivity contribution in [2.24, 2.45) is 0 Å². The van der Waals surface area contributed by atoms with Crippen molar-refractivity contribution in [1.29, 1.82) is 0 Å². The van der Waals surface area contributed by atoms with E-state index in [0.29, 0.717) is 23.3 Å². The number of thiophene rings is 1. The third-order valence-electron chi connectivity index (χ3n) is 6.35. The first-order valence-corrected chi connectivity index (χ1v) is 12.2. The molecule has 1 aromatic carbocycles. The van der Waals surface area contributed by atoms with Crippen molar-refractivity contribution < 1.29 is 22.6 Å². The third-order valence-corrected chi connectivity index (χ3v) is 7.53. The largest absolute Gasteiger partial charge is 0.452 e. The fourth-order valence-electron chi connectivity index (χ4n) is 4.33. The maximum absolute atomic E-state index is 12.9. The second-order valence-corrected chi connectivity index (χ2v) is 9.84. The highest BCUT2D eigenvalue weighted by atomic mass is 32.1.